The fourth-order valence-electron chi connectivity index (χ4n) is 1.61. The molecule has 0 aliphatic heterocycles. The Bertz CT molecular complexity index is 549. The van der Waals surface area contributed by atoms with Crippen molar-refractivity contribution in [3.63, 3.8) is 0 Å². The Labute approximate surface area is 123 Å². The van der Waals surface area contributed by atoms with Crippen LogP contribution in [0, 0.1) is 6.92 Å². The normalized spacial score (nSPS) is 11.8. The van der Waals surface area contributed by atoms with Crippen molar-refractivity contribution in [3.05, 3.63) is 45.9 Å². The summed E-state index contributed by atoms with van der Waals surface area (Å²) in [7, 11) is 0. The van der Waals surface area contributed by atoms with Crippen LogP contribution in [-0.2, 0) is 13.1 Å². The van der Waals surface area contributed by atoms with Gasteiger partial charge < -0.3 is 5.32 Å². The van der Waals surface area contributed by atoms with E-state index in [1.807, 2.05) is 13.1 Å². The van der Waals surface area contributed by atoms with Gasteiger partial charge >= 0.3 is 5.51 Å². The maximum atomic E-state index is 12.2. The van der Waals surface area contributed by atoms with Crippen molar-refractivity contribution in [3.8, 4) is 0 Å². The van der Waals surface area contributed by atoms with Gasteiger partial charge in [0.1, 0.15) is 5.01 Å². The van der Waals surface area contributed by atoms with Crippen molar-refractivity contribution in [1.82, 2.24) is 10.3 Å². The van der Waals surface area contributed by atoms with Crippen LogP contribution < -0.4 is 5.32 Å². The number of aromatic nitrogens is 1. The van der Waals surface area contributed by atoms with Crippen LogP contribution in [0.25, 0.3) is 0 Å². The van der Waals surface area contributed by atoms with Crippen molar-refractivity contribution in [1.29, 1.82) is 0 Å². The molecule has 108 valence electrons. The summed E-state index contributed by atoms with van der Waals surface area (Å²) in [4.78, 5) is 5.60. The highest BCUT2D eigenvalue weighted by Crippen LogP contribution is 2.36. The molecule has 7 heteroatoms. The third-order valence-corrected chi connectivity index (χ3v) is 4.08. The van der Waals surface area contributed by atoms with Crippen molar-refractivity contribution in [2.24, 2.45) is 0 Å². The Kier molecular flexibility index (Phi) is 5.06. The number of rotatable bonds is 5. The van der Waals surface area contributed by atoms with E-state index in [0.29, 0.717) is 13.1 Å². The van der Waals surface area contributed by atoms with Gasteiger partial charge in [0.25, 0.3) is 0 Å². The Morgan fingerprint density at radius 3 is 2.45 bits per heavy atom. The lowest BCUT2D eigenvalue weighted by atomic mass is 10.2. The van der Waals surface area contributed by atoms with E-state index in [2.05, 4.69) is 10.3 Å². The maximum Gasteiger partial charge on any atom is 0.446 e. The zero-order valence-electron chi connectivity index (χ0n) is 10.7. The molecular weight excluding hydrogens is 305 g/mol. The molecule has 1 heterocycles. The summed E-state index contributed by atoms with van der Waals surface area (Å²) in [6.45, 7) is 3.27. The molecule has 0 bridgehead atoms. The molecule has 0 saturated carbocycles. The molecular formula is C13H13F3N2S2. The van der Waals surface area contributed by atoms with Crippen LogP contribution in [0.2, 0.25) is 0 Å². The number of hydrogen-bond donors (Lipinski definition) is 1. The molecule has 0 unspecified atom stereocenters. The summed E-state index contributed by atoms with van der Waals surface area (Å²) in [6, 6.07) is 6.38. The first-order valence-corrected chi connectivity index (χ1v) is 7.52. The fraction of sp³-hybridized carbons (Fsp3) is 0.308. The summed E-state index contributed by atoms with van der Waals surface area (Å²) < 4.78 is 36.5. The Hall–Kier alpha value is -1.05. The van der Waals surface area contributed by atoms with E-state index in [4.69, 9.17) is 0 Å². The summed E-state index contributed by atoms with van der Waals surface area (Å²) in [6.07, 6.45) is 1.82. The molecule has 2 nitrogen and oxygen atoms in total. The number of benzene rings is 1. The molecule has 0 radical (unpaired) electrons. The van der Waals surface area contributed by atoms with Gasteiger partial charge in [-0.2, -0.15) is 13.2 Å². The minimum Gasteiger partial charge on any atom is -0.306 e. The molecule has 1 N–H and O–H groups in total. The van der Waals surface area contributed by atoms with E-state index in [9.17, 15) is 13.2 Å². The molecule has 0 fully saturated rings. The van der Waals surface area contributed by atoms with Crippen LogP contribution >= 0.6 is 23.1 Å². The van der Waals surface area contributed by atoms with Gasteiger partial charge in [-0.3, -0.25) is 0 Å². The number of thioether (sulfide) groups is 1. The molecule has 2 aromatic rings. The topological polar surface area (TPSA) is 24.9 Å². The number of alkyl halides is 3. The largest absolute Gasteiger partial charge is 0.446 e. The van der Waals surface area contributed by atoms with Crippen LogP contribution in [0.4, 0.5) is 13.2 Å². The molecule has 0 spiro atoms. The maximum absolute atomic E-state index is 12.2. The van der Waals surface area contributed by atoms with Crippen molar-refractivity contribution in [2.45, 2.75) is 30.4 Å². The monoisotopic (exact) mass is 318 g/mol. The Morgan fingerprint density at radius 1 is 1.20 bits per heavy atom. The highest BCUT2D eigenvalue weighted by atomic mass is 32.2. The van der Waals surface area contributed by atoms with Crippen molar-refractivity contribution >= 4 is 23.1 Å². The second kappa shape index (κ2) is 6.60. The molecule has 20 heavy (non-hydrogen) atoms. The minimum absolute atomic E-state index is 0.0958. The number of halogens is 3. The standard InChI is InChI=1S/C13H13F3N2S2/c1-9-6-18-12(19-9)8-17-7-10-2-4-11(5-3-10)20-13(14,15)16/h2-6,17H,7-8H2,1H3. The first kappa shape index (κ1) is 15.3. The summed E-state index contributed by atoms with van der Waals surface area (Å²) in [5.74, 6) is 0. The van der Waals surface area contributed by atoms with Gasteiger partial charge in [-0.05, 0) is 36.4 Å². The summed E-state index contributed by atoms with van der Waals surface area (Å²) in [5, 5.41) is 4.22. The van der Waals surface area contributed by atoms with Crippen LogP contribution in [0.5, 0.6) is 0 Å². The number of nitrogens with zero attached hydrogens (tertiary/aromatic N) is 1. The van der Waals surface area contributed by atoms with E-state index in [1.54, 1.807) is 23.5 Å². The predicted molar refractivity (Wildman–Crippen MR) is 75.7 cm³/mol. The molecule has 2 rings (SSSR count). The summed E-state index contributed by atoms with van der Waals surface area (Å²) >= 11 is 1.53. The van der Waals surface area contributed by atoms with Gasteiger partial charge in [0, 0.05) is 29.1 Å². The second-order valence-electron chi connectivity index (χ2n) is 4.16. The number of aryl methyl sites for hydroxylation is 1. The third-order valence-electron chi connectivity index (χ3n) is 2.43. The van der Waals surface area contributed by atoms with Gasteiger partial charge in [0.2, 0.25) is 0 Å². The third kappa shape index (κ3) is 5.15. The lowest BCUT2D eigenvalue weighted by molar-refractivity contribution is -0.0328. The molecule has 0 aliphatic carbocycles. The molecule has 0 amide bonds. The zero-order chi connectivity index (χ0) is 14.6. The first-order chi connectivity index (χ1) is 9.42. The lowest BCUT2D eigenvalue weighted by Gasteiger charge is -2.07. The highest BCUT2D eigenvalue weighted by molar-refractivity contribution is 8.00. The number of hydrogen-bond acceptors (Lipinski definition) is 4. The zero-order valence-corrected chi connectivity index (χ0v) is 12.3. The lowest BCUT2D eigenvalue weighted by Crippen LogP contribution is -2.12. The van der Waals surface area contributed by atoms with Gasteiger partial charge in [-0.25, -0.2) is 4.98 Å². The second-order valence-corrected chi connectivity index (χ2v) is 6.62. The number of nitrogens with one attached hydrogen (secondary N) is 1. The van der Waals surface area contributed by atoms with Crippen LogP contribution in [0.1, 0.15) is 15.4 Å². The van der Waals surface area contributed by atoms with E-state index >= 15 is 0 Å². The Balaban J connectivity index is 1.82. The molecule has 0 saturated heterocycles. The first-order valence-electron chi connectivity index (χ1n) is 5.89. The van der Waals surface area contributed by atoms with Gasteiger partial charge in [0.15, 0.2) is 0 Å². The minimum atomic E-state index is -4.23. The van der Waals surface area contributed by atoms with E-state index in [-0.39, 0.29) is 16.7 Å². The SMILES string of the molecule is Cc1cnc(CNCc2ccc(SC(F)(F)F)cc2)s1. The average Bonchev–Trinajstić information content (AvgIpc) is 2.75. The van der Waals surface area contributed by atoms with Crippen molar-refractivity contribution in [2.75, 3.05) is 0 Å². The van der Waals surface area contributed by atoms with Crippen LogP contribution in [0.15, 0.2) is 35.4 Å². The Morgan fingerprint density at radius 2 is 1.90 bits per heavy atom. The van der Waals surface area contributed by atoms with Gasteiger partial charge in [-0.1, -0.05) is 12.1 Å². The van der Waals surface area contributed by atoms with Gasteiger partial charge in [-0.15, -0.1) is 11.3 Å². The average molecular weight is 318 g/mol. The molecule has 0 atom stereocenters. The van der Waals surface area contributed by atoms with E-state index in [1.165, 1.54) is 12.1 Å². The van der Waals surface area contributed by atoms with Gasteiger partial charge in [0.05, 0.1) is 0 Å². The molecule has 1 aromatic heterocycles. The highest BCUT2D eigenvalue weighted by Gasteiger charge is 2.28. The molecule has 1 aromatic carbocycles. The predicted octanol–water partition coefficient (Wildman–Crippen LogP) is 4.35. The fourth-order valence-corrected chi connectivity index (χ4v) is 2.90. The van der Waals surface area contributed by atoms with E-state index < -0.39 is 5.51 Å². The van der Waals surface area contributed by atoms with Crippen molar-refractivity contribution < 1.29 is 13.2 Å². The summed E-state index contributed by atoms with van der Waals surface area (Å²) in [5.41, 5.74) is -3.28. The quantitative estimate of drug-likeness (QED) is 0.830. The smallest absolute Gasteiger partial charge is 0.306 e. The number of thiazole rings is 1. The van der Waals surface area contributed by atoms with Crippen LogP contribution in [-0.4, -0.2) is 10.5 Å². The van der Waals surface area contributed by atoms with E-state index in [0.717, 1.165) is 15.4 Å². The van der Waals surface area contributed by atoms with Crippen LogP contribution in [0.3, 0.4) is 0 Å². The molecule has 0 aliphatic rings.